The van der Waals surface area contributed by atoms with Crippen molar-refractivity contribution in [1.29, 1.82) is 0 Å². The molecule has 0 spiro atoms. The molecule has 0 aliphatic rings. The summed E-state index contributed by atoms with van der Waals surface area (Å²) in [5, 5.41) is 10.4. The van der Waals surface area contributed by atoms with Gasteiger partial charge in [-0.3, -0.25) is 14.4 Å². The number of halogens is 1. The minimum atomic E-state index is -0.850. The lowest BCUT2D eigenvalue weighted by Gasteiger charge is -2.15. The maximum atomic E-state index is 12.6. The lowest BCUT2D eigenvalue weighted by atomic mass is 10.1. The van der Waals surface area contributed by atoms with Gasteiger partial charge in [-0.15, -0.1) is 0 Å². The summed E-state index contributed by atoms with van der Waals surface area (Å²) in [6, 6.07) is 14.3. The van der Waals surface area contributed by atoms with Crippen LogP contribution in [0.15, 0.2) is 59.4 Å². The Hall–Kier alpha value is -3.45. The highest BCUT2D eigenvalue weighted by molar-refractivity contribution is 6.30. The van der Waals surface area contributed by atoms with Gasteiger partial charge >= 0.3 is 0 Å². The van der Waals surface area contributed by atoms with E-state index in [1.165, 1.54) is 13.0 Å². The van der Waals surface area contributed by atoms with Gasteiger partial charge in [0, 0.05) is 35.0 Å². The molecule has 1 aromatic heterocycles. The van der Waals surface area contributed by atoms with Crippen LogP contribution in [0.1, 0.15) is 25.5 Å². The van der Waals surface area contributed by atoms with Gasteiger partial charge in [-0.25, -0.2) is 4.68 Å². The highest BCUT2D eigenvalue weighted by Gasteiger charge is 2.18. The fourth-order valence-electron chi connectivity index (χ4n) is 2.89. The molecular formula is C22H21ClN4O3. The number of nitrogens with one attached hydrogen (secondary N) is 2. The van der Waals surface area contributed by atoms with Gasteiger partial charge in [0.25, 0.3) is 5.56 Å². The molecule has 1 atom stereocenters. The average Bonchev–Trinajstić information content (AvgIpc) is 2.69. The smallest absolute Gasteiger partial charge is 0.267 e. The number of benzene rings is 2. The molecule has 7 nitrogen and oxygen atoms in total. The molecule has 2 N–H and O–H groups in total. The number of hydrogen-bond donors (Lipinski definition) is 2. The molecule has 30 heavy (non-hydrogen) atoms. The fourth-order valence-corrected chi connectivity index (χ4v) is 3.08. The van der Waals surface area contributed by atoms with Gasteiger partial charge in [0.1, 0.15) is 6.04 Å². The van der Waals surface area contributed by atoms with E-state index in [9.17, 15) is 14.4 Å². The third kappa shape index (κ3) is 4.93. The Morgan fingerprint density at radius 1 is 1.07 bits per heavy atom. The van der Waals surface area contributed by atoms with Crippen LogP contribution in [0.5, 0.6) is 0 Å². The molecule has 1 unspecified atom stereocenters. The highest BCUT2D eigenvalue weighted by atomic mass is 35.5. The molecular weight excluding hydrogens is 404 g/mol. The molecule has 1 heterocycles. The van der Waals surface area contributed by atoms with Crippen LogP contribution < -0.4 is 16.2 Å². The van der Waals surface area contributed by atoms with Crippen LogP contribution in [0, 0.1) is 6.92 Å². The SMILES string of the molecule is CC(=O)Nc1cc(-c2ccc(=O)n(C(C)C(=O)Nc3cccc(Cl)c3)n2)ccc1C. The van der Waals surface area contributed by atoms with Crippen molar-refractivity contribution in [2.24, 2.45) is 0 Å². The minimum Gasteiger partial charge on any atom is -0.326 e. The second-order valence-corrected chi connectivity index (χ2v) is 7.32. The first-order chi connectivity index (χ1) is 14.2. The summed E-state index contributed by atoms with van der Waals surface area (Å²) >= 11 is 5.95. The van der Waals surface area contributed by atoms with Crippen LogP contribution in [-0.4, -0.2) is 21.6 Å². The number of carbonyl (C=O) groups is 2. The van der Waals surface area contributed by atoms with Crippen molar-refractivity contribution in [3.8, 4) is 11.3 Å². The average molecular weight is 425 g/mol. The summed E-state index contributed by atoms with van der Waals surface area (Å²) in [5.74, 6) is -0.577. The number of aryl methyl sites for hydroxylation is 1. The summed E-state index contributed by atoms with van der Waals surface area (Å²) in [5.41, 5.74) is 2.90. The van der Waals surface area contributed by atoms with Crippen molar-refractivity contribution >= 4 is 34.8 Å². The van der Waals surface area contributed by atoms with E-state index >= 15 is 0 Å². The number of aromatic nitrogens is 2. The molecule has 0 aliphatic carbocycles. The third-order valence-electron chi connectivity index (χ3n) is 4.51. The van der Waals surface area contributed by atoms with E-state index in [2.05, 4.69) is 15.7 Å². The van der Waals surface area contributed by atoms with Gasteiger partial charge < -0.3 is 10.6 Å². The third-order valence-corrected chi connectivity index (χ3v) is 4.74. The maximum absolute atomic E-state index is 12.6. The van der Waals surface area contributed by atoms with E-state index in [4.69, 9.17) is 11.6 Å². The molecule has 0 saturated carbocycles. The normalized spacial score (nSPS) is 11.6. The van der Waals surface area contributed by atoms with E-state index in [-0.39, 0.29) is 5.91 Å². The Morgan fingerprint density at radius 3 is 2.53 bits per heavy atom. The summed E-state index contributed by atoms with van der Waals surface area (Å²) < 4.78 is 1.13. The second kappa shape index (κ2) is 8.92. The van der Waals surface area contributed by atoms with Crippen LogP contribution >= 0.6 is 11.6 Å². The molecule has 2 amide bonds. The van der Waals surface area contributed by atoms with Crippen LogP contribution in [0.3, 0.4) is 0 Å². The molecule has 0 saturated heterocycles. The Balaban J connectivity index is 1.90. The first-order valence-electron chi connectivity index (χ1n) is 9.29. The molecule has 0 fully saturated rings. The summed E-state index contributed by atoms with van der Waals surface area (Å²) in [6.07, 6.45) is 0. The zero-order valence-corrected chi connectivity index (χ0v) is 17.5. The van der Waals surface area contributed by atoms with Gasteiger partial charge in [0.05, 0.1) is 5.69 Å². The number of nitrogens with zero attached hydrogens (tertiary/aromatic N) is 2. The van der Waals surface area contributed by atoms with Crippen molar-refractivity contribution in [3.05, 3.63) is 75.5 Å². The lowest BCUT2D eigenvalue weighted by Crippen LogP contribution is -2.33. The Morgan fingerprint density at radius 2 is 1.83 bits per heavy atom. The van der Waals surface area contributed by atoms with Gasteiger partial charge in [-0.2, -0.15) is 5.10 Å². The Kier molecular flexibility index (Phi) is 6.32. The summed E-state index contributed by atoms with van der Waals surface area (Å²) in [4.78, 5) is 36.4. The number of amides is 2. The highest BCUT2D eigenvalue weighted by Crippen LogP contribution is 2.24. The Bertz CT molecular complexity index is 1170. The largest absolute Gasteiger partial charge is 0.326 e. The van der Waals surface area contributed by atoms with Crippen LogP contribution in [0.25, 0.3) is 11.3 Å². The molecule has 0 aliphatic heterocycles. The number of hydrogen-bond acceptors (Lipinski definition) is 4. The van der Waals surface area contributed by atoms with Crippen LogP contribution in [0.4, 0.5) is 11.4 Å². The molecule has 2 aromatic carbocycles. The van der Waals surface area contributed by atoms with E-state index < -0.39 is 17.5 Å². The molecule has 3 rings (SSSR count). The van der Waals surface area contributed by atoms with Crippen molar-refractivity contribution < 1.29 is 9.59 Å². The second-order valence-electron chi connectivity index (χ2n) is 6.89. The standard InChI is InChI=1S/C22H21ClN4O3/c1-13-7-8-16(11-20(13)24-15(3)28)19-9-10-21(29)27(26-19)14(2)22(30)25-18-6-4-5-17(23)12-18/h4-12,14H,1-3H3,(H,24,28)(H,25,30). The van der Waals surface area contributed by atoms with Gasteiger partial charge in [-0.1, -0.05) is 29.8 Å². The van der Waals surface area contributed by atoms with Gasteiger partial charge in [-0.05, 0) is 49.7 Å². The number of carbonyl (C=O) groups excluding carboxylic acids is 2. The lowest BCUT2D eigenvalue weighted by molar-refractivity contribution is -0.119. The molecule has 0 bridgehead atoms. The van der Waals surface area contributed by atoms with Crippen LogP contribution in [0.2, 0.25) is 5.02 Å². The first kappa shape index (κ1) is 21.3. The van der Waals surface area contributed by atoms with E-state index in [0.29, 0.717) is 27.7 Å². The zero-order chi connectivity index (χ0) is 21.8. The molecule has 8 heteroatoms. The maximum Gasteiger partial charge on any atom is 0.267 e. The first-order valence-corrected chi connectivity index (χ1v) is 9.67. The van der Waals surface area contributed by atoms with Crippen molar-refractivity contribution in [3.63, 3.8) is 0 Å². The van der Waals surface area contributed by atoms with Gasteiger partial charge in [0.2, 0.25) is 11.8 Å². The number of anilines is 2. The quantitative estimate of drug-likeness (QED) is 0.646. The topological polar surface area (TPSA) is 93.1 Å². The monoisotopic (exact) mass is 424 g/mol. The van der Waals surface area contributed by atoms with Crippen molar-refractivity contribution in [2.45, 2.75) is 26.8 Å². The molecule has 3 aromatic rings. The Labute approximate surface area is 178 Å². The summed E-state index contributed by atoms with van der Waals surface area (Å²) in [7, 11) is 0. The van der Waals surface area contributed by atoms with Gasteiger partial charge in [0.15, 0.2) is 0 Å². The van der Waals surface area contributed by atoms with Crippen molar-refractivity contribution in [2.75, 3.05) is 10.6 Å². The molecule has 154 valence electrons. The van der Waals surface area contributed by atoms with Crippen LogP contribution in [-0.2, 0) is 9.59 Å². The van der Waals surface area contributed by atoms with E-state index in [1.54, 1.807) is 43.3 Å². The number of rotatable bonds is 5. The predicted octanol–water partition coefficient (Wildman–Crippen LogP) is 4.03. The summed E-state index contributed by atoms with van der Waals surface area (Å²) in [6.45, 7) is 4.91. The van der Waals surface area contributed by atoms with E-state index in [1.807, 2.05) is 19.1 Å². The minimum absolute atomic E-state index is 0.181. The zero-order valence-electron chi connectivity index (χ0n) is 16.8. The molecule has 0 radical (unpaired) electrons. The fraction of sp³-hybridized carbons (Fsp3) is 0.182. The van der Waals surface area contributed by atoms with E-state index in [0.717, 1.165) is 10.2 Å². The van der Waals surface area contributed by atoms with Crippen molar-refractivity contribution in [1.82, 2.24) is 9.78 Å². The predicted molar refractivity (Wildman–Crippen MR) is 118 cm³/mol.